The number of nitrogens with zero attached hydrogens (tertiary/aromatic N) is 4. The number of hydrogen-bond donors (Lipinski definition) is 0. The van der Waals surface area contributed by atoms with E-state index >= 15 is 0 Å². The minimum absolute atomic E-state index is 0.0803. The van der Waals surface area contributed by atoms with Crippen LogP contribution in [0, 0.1) is 0 Å². The molecule has 15 rings (SSSR count). The molecule has 0 atom stereocenters. The topological polar surface area (TPSA) is 13.0 Å². The standard InChI is InChI=1S/C82H76B2N4S2/c1-79(2,3)53-43-63(81(7,8)9)75-71(45-53)89-73-49-61(85(55-31-19-13-20-32-55)56-33-21-14-22-34-56)47-69-77(73)83(75)65-51-66-68(52-67(65)87(69)59-39-27-17-28-40-59)88(60-41-29-18-30-42-60)70-48-62(86(57-35-23-15-24-36-57)58-37-25-16-26-38-58)50-74-78(70)84(66)76-64(82(10,11)12)44-54(80(4,5)6)46-72(76)90-74/h13-52H,1-12H3. The molecule has 0 saturated carbocycles. The second-order valence-corrected chi connectivity index (χ2v) is 31.2. The maximum atomic E-state index is 2.72. The molecule has 8 heteroatoms. The summed E-state index contributed by atoms with van der Waals surface area (Å²) in [7, 11) is 0. The Morgan fingerprint density at radius 3 is 0.878 bits per heavy atom. The van der Waals surface area contributed by atoms with E-state index in [1.165, 1.54) is 97.4 Å². The van der Waals surface area contributed by atoms with E-state index in [9.17, 15) is 0 Å². The molecule has 0 saturated heterocycles. The SMILES string of the molecule is CC(C)(C)c1cc2c(c(C(C)(C)C)c1)B1c3cc4c(cc3N(c3ccccc3)c3cc(N(c5ccccc5)c5ccccc5)cc(c31)S2)N(c1ccccc1)c1cc(N(c2ccccc2)c2ccccc2)cc2c1B4c1c(cc(C(C)(C)C)cc1C(C)(C)C)S2. The van der Waals surface area contributed by atoms with Crippen LogP contribution in [0.5, 0.6) is 0 Å². The zero-order valence-electron chi connectivity index (χ0n) is 53.9. The average molecular weight is 1200 g/mol. The van der Waals surface area contributed by atoms with Crippen molar-refractivity contribution in [1.29, 1.82) is 0 Å². The molecule has 4 aliphatic heterocycles. The highest BCUT2D eigenvalue weighted by molar-refractivity contribution is 8.00. The third-order valence-electron chi connectivity index (χ3n) is 18.8. The molecule has 0 aromatic heterocycles. The molecule has 11 aromatic carbocycles. The van der Waals surface area contributed by atoms with Gasteiger partial charge in [0.15, 0.2) is 0 Å². The second kappa shape index (κ2) is 21.6. The Morgan fingerprint density at radius 2 is 0.578 bits per heavy atom. The van der Waals surface area contributed by atoms with Gasteiger partial charge in [-0.2, -0.15) is 0 Å². The molecular formula is C82H76B2N4S2. The average Bonchev–Trinajstić information content (AvgIpc) is 0.720. The van der Waals surface area contributed by atoms with Crippen molar-refractivity contribution in [2.24, 2.45) is 0 Å². The van der Waals surface area contributed by atoms with Crippen LogP contribution in [0.15, 0.2) is 262 Å². The molecule has 4 nitrogen and oxygen atoms in total. The first kappa shape index (κ1) is 57.9. The van der Waals surface area contributed by atoms with Crippen LogP contribution in [-0.4, -0.2) is 13.4 Å². The van der Waals surface area contributed by atoms with E-state index in [1.54, 1.807) is 0 Å². The highest BCUT2D eigenvalue weighted by Gasteiger charge is 2.49. The number of benzene rings is 11. The maximum Gasteiger partial charge on any atom is 0.249 e. The third-order valence-corrected chi connectivity index (χ3v) is 21.0. The van der Waals surface area contributed by atoms with Gasteiger partial charge >= 0.3 is 0 Å². The van der Waals surface area contributed by atoms with Crippen molar-refractivity contribution in [2.75, 3.05) is 19.6 Å². The molecule has 0 bridgehead atoms. The van der Waals surface area contributed by atoms with Crippen LogP contribution in [0.1, 0.15) is 105 Å². The summed E-state index contributed by atoms with van der Waals surface area (Å²) in [4.78, 5) is 15.4. The van der Waals surface area contributed by atoms with Crippen LogP contribution in [-0.2, 0) is 21.7 Å². The van der Waals surface area contributed by atoms with E-state index in [1.807, 2.05) is 23.5 Å². The molecule has 0 fully saturated rings. The summed E-state index contributed by atoms with van der Waals surface area (Å²) in [5.74, 6) is 0. The van der Waals surface area contributed by atoms with Crippen LogP contribution in [0.3, 0.4) is 0 Å². The summed E-state index contributed by atoms with van der Waals surface area (Å²) in [6, 6.07) is 91.8. The molecule has 442 valence electrons. The van der Waals surface area contributed by atoms with Crippen molar-refractivity contribution in [2.45, 2.75) is 124 Å². The van der Waals surface area contributed by atoms with Gasteiger partial charge in [0, 0.05) is 87.8 Å². The summed E-state index contributed by atoms with van der Waals surface area (Å²) >= 11 is 3.94. The van der Waals surface area contributed by atoms with Crippen molar-refractivity contribution in [3.63, 3.8) is 0 Å². The van der Waals surface area contributed by atoms with Gasteiger partial charge in [0.1, 0.15) is 0 Å². The number of para-hydroxylation sites is 6. The van der Waals surface area contributed by atoms with Crippen molar-refractivity contribution < 1.29 is 0 Å². The van der Waals surface area contributed by atoms with E-state index in [2.05, 4.69) is 345 Å². The number of hydrogen-bond acceptors (Lipinski definition) is 6. The van der Waals surface area contributed by atoms with E-state index in [0.717, 1.165) is 45.5 Å². The lowest BCUT2D eigenvalue weighted by Crippen LogP contribution is -2.65. The Morgan fingerprint density at radius 1 is 0.278 bits per heavy atom. The zero-order chi connectivity index (χ0) is 62.2. The lowest BCUT2D eigenvalue weighted by Gasteiger charge is -2.46. The number of anilines is 12. The number of fused-ring (bicyclic) bond motifs is 8. The largest absolute Gasteiger partial charge is 0.311 e. The molecule has 0 N–H and O–H groups in total. The molecule has 0 unspecified atom stereocenters. The summed E-state index contributed by atoms with van der Waals surface area (Å²) in [5.41, 5.74) is 26.9. The Labute approximate surface area is 543 Å². The molecule has 4 heterocycles. The molecule has 90 heavy (non-hydrogen) atoms. The Balaban J connectivity index is 1.10. The predicted octanol–water partition coefficient (Wildman–Crippen LogP) is 19.3. The van der Waals surface area contributed by atoms with Crippen molar-refractivity contribution in [3.8, 4) is 0 Å². The fraction of sp³-hybridized carbons (Fsp3) is 0.195. The van der Waals surface area contributed by atoms with Gasteiger partial charge in [-0.25, -0.2) is 0 Å². The predicted molar refractivity (Wildman–Crippen MR) is 390 cm³/mol. The first-order valence-electron chi connectivity index (χ1n) is 32.0. The molecule has 4 aliphatic rings. The monoisotopic (exact) mass is 1200 g/mol. The molecule has 0 aliphatic carbocycles. The van der Waals surface area contributed by atoms with Crippen LogP contribution in [0.25, 0.3) is 0 Å². The normalized spacial score (nSPS) is 13.8. The number of rotatable bonds is 8. The smallest absolute Gasteiger partial charge is 0.249 e. The zero-order valence-corrected chi connectivity index (χ0v) is 55.5. The van der Waals surface area contributed by atoms with Crippen molar-refractivity contribution >= 4 is 138 Å². The Kier molecular flexibility index (Phi) is 13.9. The van der Waals surface area contributed by atoms with E-state index < -0.39 is 0 Å². The van der Waals surface area contributed by atoms with Crippen molar-refractivity contribution in [1.82, 2.24) is 0 Å². The summed E-state index contributed by atoms with van der Waals surface area (Å²) < 4.78 is 0. The van der Waals surface area contributed by atoms with Crippen LogP contribution in [0.4, 0.5) is 68.2 Å². The molecule has 0 spiro atoms. The second-order valence-electron chi connectivity index (χ2n) is 29.0. The maximum absolute atomic E-state index is 2.72. The Hall–Kier alpha value is -8.55. The highest BCUT2D eigenvalue weighted by atomic mass is 32.2. The fourth-order valence-electron chi connectivity index (χ4n) is 14.5. The van der Waals surface area contributed by atoms with E-state index in [-0.39, 0.29) is 35.1 Å². The van der Waals surface area contributed by atoms with E-state index in [4.69, 9.17) is 0 Å². The van der Waals surface area contributed by atoms with Gasteiger partial charge in [-0.15, -0.1) is 0 Å². The molecular weight excluding hydrogens is 1130 g/mol. The quantitative estimate of drug-likeness (QED) is 0.140. The van der Waals surface area contributed by atoms with Gasteiger partial charge in [0.2, 0.25) is 13.4 Å². The van der Waals surface area contributed by atoms with Gasteiger partial charge in [0.05, 0.1) is 0 Å². The minimum Gasteiger partial charge on any atom is -0.311 e. The van der Waals surface area contributed by atoms with Crippen molar-refractivity contribution in [3.05, 3.63) is 265 Å². The highest BCUT2D eigenvalue weighted by Crippen LogP contribution is 2.52. The minimum atomic E-state index is -0.180. The summed E-state index contributed by atoms with van der Waals surface area (Å²) in [6.07, 6.45) is 0. The lowest BCUT2D eigenvalue weighted by molar-refractivity contribution is 0.568. The van der Waals surface area contributed by atoms with Gasteiger partial charge in [-0.3, -0.25) is 0 Å². The summed E-state index contributed by atoms with van der Waals surface area (Å²) in [5, 5.41) is 0. The van der Waals surface area contributed by atoms with E-state index in [0.29, 0.717) is 0 Å². The first-order valence-corrected chi connectivity index (χ1v) is 33.6. The fourth-order valence-corrected chi connectivity index (χ4v) is 17.0. The third kappa shape index (κ3) is 9.79. The lowest BCUT2D eigenvalue weighted by atomic mass is 9.30. The summed E-state index contributed by atoms with van der Waals surface area (Å²) in [6.45, 7) is 28.6. The van der Waals surface area contributed by atoms with Crippen LogP contribution >= 0.6 is 23.5 Å². The first-order chi connectivity index (χ1) is 43.2. The van der Waals surface area contributed by atoms with Crippen LogP contribution in [0.2, 0.25) is 0 Å². The molecule has 11 aromatic rings. The van der Waals surface area contributed by atoms with Gasteiger partial charge < -0.3 is 19.6 Å². The Bertz CT molecular complexity index is 4220. The van der Waals surface area contributed by atoms with Crippen LogP contribution < -0.4 is 52.4 Å². The molecule has 0 amide bonds. The van der Waals surface area contributed by atoms with Gasteiger partial charge in [-0.05, 0) is 181 Å². The van der Waals surface area contributed by atoms with Gasteiger partial charge in [0.25, 0.3) is 0 Å². The van der Waals surface area contributed by atoms with Gasteiger partial charge in [-0.1, -0.05) is 245 Å². The molecule has 0 radical (unpaired) electrons.